The van der Waals surface area contributed by atoms with Crippen molar-refractivity contribution in [1.29, 1.82) is 5.26 Å². The van der Waals surface area contributed by atoms with E-state index in [-0.39, 0.29) is 18.0 Å². The third-order valence-electron chi connectivity index (χ3n) is 1.84. The number of carbonyl (C=O) groups excluding carboxylic acids is 1. The van der Waals surface area contributed by atoms with E-state index >= 15 is 0 Å². The van der Waals surface area contributed by atoms with Crippen molar-refractivity contribution in [2.75, 3.05) is 11.9 Å². The second kappa shape index (κ2) is 5.30. The summed E-state index contributed by atoms with van der Waals surface area (Å²) < 4.78 is 0. The summed E-state index contributed by atoms with van der Waals surface area (Å²) in [5.74, 6) is 0.483. The summed E-state index contributed by atoms with van der Waals surface area (Å²) in [6, 6.07) is 5.30. The van der Waals surface area contributed by atoms with Gasteiger partial charge in [-0.2, -0.15) is 5.26 Å². The molecule has 17 heavy (non-hydrogen) atoms. The van der Waals surface area contributed by atoms with Crippen LogP contribution >= 0.6 is 0 Å². The number of nitriles is 1. The smallest absolute Gasteiger partial charge is 0.239 e. The van der Waals surface area contributed by atoms with Crippen LogP contribution in [-0.4, -0.2) is 23.0 Å². The van der Waals surface area contributed by atoms with Gasteiger partial charge in [0.15, 0.2) is 0 Å². The zero-order valence-electron chi connectivity index (χ0n) is 10.2. The molecule has 0 unspecified atom stereocenters. The zero-order valence-corrected chi connectivity index (χ0v) is 10.2. The summed E-state index contributed by atoms with van der Waals surface area (Å²) in [5.41, 5.74) is 0.256. The van der Waals surface area contributed by atoms with E-state index in [2.05, 4.69) is 15.6 Å². The van der Waals surface area contributed by atoms with Crippen LogP contribution < -0.4 is 10.6 Å². The highest BCUT2D eigenvalue weighted by Gasteiger charge is 2.13. The molecule has 0 aromatic carbocycles. The quantitative estimate of drug-likeness (QED) is 0.823. The lowest BCUT2D eigenvalue weighted by Crippen LogP contribution is -2.43. The average molecular weight is 232 g/mol. The third-order valence-corrected chi connectivity index (χ3v) is 1.84. The Morgan fingerprint density at radius 1 is 1.47 bits per heavy atom. The van der Waals surface area contributed by atoms with Gasteiger partial charge in [0.1, 0.15) is 11.9 Å². The summed E-state index contributed by atoms with van der Waals surface area (Å²) >= 11 is 0. The highest BCUT2D eigenvalue weighted by atomic mass is 16.2. The first-order valence-electron chi connectivity index (χ1n) is 5.32. The molecule has 0 bridgehead atoms. The fourth-order valence-electron chi connectivity index (χ4n) is 1.20. The molecule has 0 saturated heterocycles. The normalized spacial score (nSPS) is 10.5. The molecule has 0 radical (unpaired) electrons. The van der Waals surface area contributed by atoms with Gasteiger partial charge in [0, 0.05) is 11.7 Å². The van der Waals surface area contributed by atoms with Crippen molar-refractivity contribution < 1.29 is 4.79 Å². The van der Waals surface area contributed by atoms with Crippen molar-refractivity contribution in [3.63, 3.8) is 0 Å². The largest absolute Gasteiger partial charge is 0.361 e. The number of hydrogen-bond acceptors (Lipinski definition) is 4. The van der Waals surface area contributed by atoms with E-state index in [1.165, 1.54) is 6.20 Å². The van der Waals surface area contributed by atoms with Crippen molar-refractivity contribution >= 4 is 11.7 Å². The summed E-state index contributed by atoms with van der Waals surface area (Å²) in [6.07, 6.45) is 1.46. The molecule has 1 rings (SSSR count). The van der Waals surface area contributed by atoms with E-state index in [9.17, 15) is 4.79 Å². The van der Waals surface area contributed by atoms with E-state index in [1.807, 2.05) is 26.8 Å². The Morgan fingerprint density at radius 2 is 2.18 bits per heavy atom. The number of nitrogens with one attached hydrogen (secondary N) is 2. The lowest BCUT2D eigenvalue weighted by molar-refractivity contribution is -0.120. The molecule has 0 spiro atoms. The van der Waals surface area contributed by atoms with Crippen LogP contribution in [0.3, 0.4) is 0 Å². The topological polar surface area (TPSA) is 77.8 Å². The van der Waals surface area contributed by atoms with E-state index in [0.717, 1.165) is 0 Å². The molecule has 0 aliphatic heterocycles. The van der Waals surface area contributed by atoms with E-state index in [4.69, 9.17) is 5.26 Å². The number of hydrogen-bond donors (Lipinski definition) is 2. The third kappa shape index (κ3) is 4.98. The van der Waals surface area contributed by atoms with E-state index in [1.54, 1.807) is 12.1 Å². The molecule has 5 heteroatoms. The fourth-order valence-corrected chi connectivity index (χ4v) is 1.20. The monoisotopic (exact) mass is 232 g/mol. The minimum Gasteiger partial charge on any atom is -0.361 e. The van der Waals surface area contributed by atoms with Crippen LogP contribution in [0.15, 0.2) is 18.3 Å². The Kier molecular flexibility index (Phi) is 4.05. The van der Waals surface area contributed by atoms with Crippen LogP contribution in [-0.2, 0) is 4.79 Å². The van der Waals surface area contributed by atoms with Crippen LogP contribution in [0.2, 0.25) is 0 Å². The first-order valence-corrected chi connectivity index (χ1v) is 5.32. The molecule has 1 amide bonds. The minimum absolute atomic E-state index is 0.0938. The molecule has 0 aliphatic rings. The number of anilines is 1. The number of rotatable bonds is 3. The summed E-state index contributed by atoms with van der Waals surface area (Å²) in [6.45, 7) is 5.93. The van der Waals surface area contributed by atoms with Crippen LogP contribution in [0.5, 0.6) is 0 Å². The molecule has 1 aromatic heterocycles. The first kappa shape index (κ1) is 13.0. The standard InChI is InChI=1S/C12H16N4O/c1-12(2,3)16-11(17)8-15-10-5-4-9(6-13)7-14-10/h4-5,7H,8H2,1-3H3,(H,14,15)(H,16,17). The highest BCUT2D eigenvalue weighted by molar-refractivity contribution is 5.81. The maximum Gasteiger partial charge on any atom is 0.239 e. The van der Waals surface area contributed by atoms with Crippen molar-refractivity contribution in [2.45, 2.75) is 26.3 Å². The average Bonchev–Trinajstić information content (AvgIpc) is 2.25. The van der Waals surface area contributed by atoms with Crippen LogP contribution in [0.1, 0.15) is 26.3 Å². The van der Waals surface area contributed by atoms with Gasteiger partial charge in [0.2, 0.25) is 5.91 Å². The Bertz CT molecular complexity index is 425. The molecule has 0 atom stereocenters. The molecule has 0 aliphatic carbocycles. The summed E-state index contributed by atoms with van der Waals surface area (Å²) in [7, 11) is 0. The number of amides is 1. The predicted molar refractivity (Wildman–Crippen MR) is 65.3 cm³/mol. The molecule has 90 valence electrons. The SMILES string of the molecule is CC(C)(C)NC(=O)CNc1ccc(C#N)cn1. The van der Waals surface area contributed by atoms with Gasteiger partial charge in [-0.05, 0) is 32.9 Å². The van der Waals surface area contributed by atoms with Gasteiger partial charge in [-0.25, -0.2) is 4.98 Å². The fraction of sp³-hybridized carbons (Fsp3) is 0.417. The Morgan fingerprint density at radius 3 is 2.65 bits per heavy atom. The molecule has 2 N–H and O–H groups in total. The maximum absolute atomic E-state index is 11.5. The Hall–Kier alpha value is -2.09. The van der Waals surface area contributed by atoms with Gasteiger partial charge >= 0.3 is 0 Å². The van der Waals surface area contributed by atoms with Crippen molar-refractivity contribution in [1.82, 2.24) is 10.3 Å². The second-order valence-corrected chi connectivity index (χ2v) is 4.70. The van der Waals surface area contributed by atoms with E-state index in [0.29, 0.717) is 11.4 Å². The maximum atomic E-state index is 11.5. The van der Waals surface area contributed by atoms with Gasteiger partial charge in [0.05, 0.1) is 12.1 Å². The number of nitrogens with zero attached hydrogens (tertiary/aromatic N) is 2. The Balaban J connectivity index is 2.45. The molecule has 0 fully saturated rings. The molecule has 0 saturated carbocycles. The van der Waals surface area contributed by atoms with Gasteiger partial charge < -0.3 is 10.6 Å². The first-order chi connectivity index (χ1) is 7.90. The highest BCUT2D eigenvalue weighted by Crippen LogP contribution is 2.03. The summed E-state index contributed by atoms with van der Waals surface area (Å²) in [4.78, 5) is 15.5. The second-order valence-electron chi connectivity index (χ2n) is 4.70. The van der Waals surface area contributed by atoms with Crippen molar-refractivity contribution in [2.24, 2.45) is 0 Å². The van der Waals surface area contributed by atoms with Crippen molar-refractivity contribution in [3.05, 3.63) is 23.9 Å². The predicted octanol–water partition coefficient (Wildman–Crippen LogP) is 1.28. The van der Waals surface area contributed by atoms with Crippen molar-refractivity contribution in [3.8, 4) is 6.07 Å². The number of aromatic nitrogens is 1. The molecule has 5 nitrogen and oxygen atoms in total. The molecule has 1 aromatic rings. The lowest BCUT2D eigenvalue weighted by Gasteiger charge is -2.20. The van der Waals surface area contributed by atoms with E-state index < -0.39 is 0 Å². The minimum atomic E-state index is -0.239. The number of pyridine rings is 1. The molecule has 1 heterocycles. The Labute approximate surface area is 101 Å². The van der Waals surface area contributed by atoms with Crippen LogP contribution in [0.4, 0.5) is 5.82 Å². The van der Waals surface area contributed by atoms with Gasteiger partial charge in [-0.1, -0.05) is 0 Å². The van der Waals surface area contributed by atoms with Crippen LogP contribution in [0.25, 0.3) is 0 Å². The lowest BCUT2D eigenvalue weighted by atomic mass is 10.1. The van der Waals surface area contributed by atoms with Gasteiger partial charge in [-0.15, -0.1) is 0 Å². The number of carbonyl (C=O) groups is 1. The van der Waals surface area contributed by atoms with Gasteiger partial charge in [0.25, 0.3) is 0 Å². The molecular weight excluding hydrogens is 216 g/mol. The molecular formula is C12H16N4O. The zero-order chi connectivity index (χ0) is 12.9. The summed E-state index contributed by atoms with van der Waals surface area (Å²) in [5, 5.41) is 14.3. The van der Waals surface area contributed by atoms with Crippen LogP contribution in [0, 0.1) is 11.3 Å². The van der Waals surface area contributed by atoms with Gasteiger partial charge in [-0.3, -0.25) is 4.79 Å².